The number of halogens is 1. The van der Waals surface area contributed by atoms with Gasteiger partial charge in [0.05, 0.1) is 12.1 Å². The number of nitrogens with zero attached hydrogens (tertiary/aromatic N) is 4. The highest BCUT2D eigenvalue weighted by atomic mass is 19.1. The zero-order valence-corrected chi connectivity index (χ0v) is 20.3. The van der Waals surface area contributed by atoms with Gasteiger partial charge in [0.15, 0.2) is 5.82 Å². The molecule has 9 heteroatoms. The third kappa shape index (κ3) is 7.01. The quantitative estimate of drug-likeness (QED) is 0.238. The third-order valence-corrected chi connectivity index (χ3v) is 5.71. The van der Waals surface area contributed by atoms with Crippen LogP contribution < -0.4 is 10.6 Å². The smallest absolute Gasteiger partial charge is 0.153 e. The number of aromatic amines is 1. The molecule has 0 spiro atoms. The van der Waals surface area contributed by atoms with Crippen molar-refractivity contribution < 1.29 is 9.50 Å². The fraction of sp³-hybridized carbons (Fsp3) is 0.296. The summed E-state index contributed by atoms with van der Waals surface area (Å²) in [5.41, 5.74) is 3.38. The van der Waals surface area contributed by atoms with Crippen LogP contribution in [0, 0.1) is 17.7 Å². The Morgan fingerprint density at radius 3 is 2.86 bits per heavy atom. The van der Waals surface area contributed by atoms with Gasteiger partial charge in [-0.3, -0.25) is 5.10 Å². The SMILES string of the molecule is CCN(CCO)CCC#Cc1ccc2c(Nc3cc(CCNc4cccc(F)c4)[nH]n3)ncnc2c1. The molecule has 0 fully saturated rings. The second-order valence-electron chi connectivity index (χ2n) is 8.25. The van der Waals surface area contributed by atoms with Crippen LogP contribution in [0.4, 0.5) is 21.7 Å². The van der Waals surface area contributed by atoms with Crippen LogP contribution in [-0.2, 0) is 6.42 Å². The lowest BCUT2D eigenvalue weighted by atomic mass is 10.1. The van der Waals surface area contributed by atoms with E-state index in [1.54, 1.807) is 6.07 Å². The molecule has 2 heterocycles. The molecule has 0 saturated carbocycles. The number of H-pyrrole nitrogens is 1. The number of aromatic nitrogens is 4. The number of hydrogen-bond acceptors (Lipinski definition) is 7. The van der Waals surface area contributed by atoms with E-state index >= 15 is 0 Å². The Balaban J connectivity index is 1.35. The van der Waals surface area contributed by atoms with Crippen LogP contribution in [0.25, 0.3) is 10.9 Å². The normalized spacial score (nSPS) is 10.9. The molecular formula is C27H30FN7O. The molecule has 4 N–H and O–H groups in total. The first-order valence-electron chi connectivity index (χ1n) is 12.0. The maximum atomic E-state index is 13.3. The minimum Gasteiger partial charge on any atom is -0.395 e. The molecule has 4 rings (SSSR count). The van der Waals surface area contributed by atoms with Gasteiger partial charge in [-0.1, -0.05) is 24.8 Å². The zero-order valence-electron chi connectivity index (χ0n) is 20.3. The van der Waals surface area contributed by atoms with Gasteiger partial charge in [-0.2, -0.15) is 5.10 Å². The zero-order chi connectivity index (χ0) is 25.2. The van der Waals surface area contributed by atoms with E-state index in [0.717, 1.165) is 47.4 Å². The van der Waals surface area contributed by atoms with Crippen LogP contribution >= 0.6 is 0 Å². The fourth-order valence-electron chi connectivity index (χ4n) is 3.80. The minimum atomic E-state index is -0.262. The summed E-state index contributed by atoms with van der Waals surface area (Å²) in [5, 5.41) is 23.8. The van der Waals surface area contributed by atoms with Gasteiger partial charge in [0.1, 0.15) is 18.0 Å². The number of nitrogens with one attached hydrogen (secondary N) is 3. The number of aliphatic hydroxyl groups excluding tert-OH is 1. The van der Waals surface area contributed by atoms with E-state index in [-0.39, 0.29) is 12.4 Å². The molecule has 0 radical (unpaired) electrons. The highest BCUT2D eigenvalue weighted by molar-refractivity contribution is 5.91. The van der Waals surface area contributed by atoms with Crippen LogP contribution in [0.5, 0.6) is 0 Å². The van der Waals surface area contributed by atoms with E-state index < -0.39 is 0 Å². The summed E-state index contributed by atoms with van der Waals surface area (Å²) >= 11 is 0. The number of likely N-dealkylation sites (N-methyl/N-ethyl adjacent to an activating group) is 1. The lowest BCUT2D eigenvalue weighted by Crippen LogP contribution is -2.27. The maximum absolute atomic E-state index is 13.3. The first-order chi connectivity index (χ1) is 17.6. The Kier molecular flexibility index (Phi) is 8.81. The van der Waals surface area contributed by atoms with Crippen molar-refractivity contribution in [3.8, 4) is 11.8 Å². The molecule has 186 valence electrons. The number of hydrogen-bond donors (Lipinski definition) is 4. The lowest BCUT2D eigenvalue weighted by molar-refractivity contribution is 0.205. The van der Waals surface area contributed by atoms with Crippen molar-refractivity contribution in [2.45, 2.75) is 19.8 Å². The van der Waals surface area contributed by atoms with Crippen LogP contribution in [0.3, 0.4) is 0 Å². The Morgan fingerprint density at radius 1 is 1.11 bits per heavy atom. The fourth-order valence-corrected chi connectivity index (χ4v) is 3.80. The Hall–Kier alpha value is -4.00. The largest absolute Gasteiger partial charge is 0.395 e. The van der Waals surface area contributed by atoms with Gasteiger partial charge >= 0.3 is 0 Å². The summed E-state index contributed by atoms with van der Waals surface area (Å²) in [6.45, 7) is 5.28. The number of fused-ring (bicyclic) bond motifs is 1. The molecule has 0 unspecified atom stereocenters. The third-order valence-electron chi connectivity index (χ3n) is 5.71. The van der Waals surface area contributed by atoms with Gasteiger partial charge in [0, 0.05) is 60.9 Å². The molecule has 0 saturated heterocycles. The molecule has 0 aliphatic rings. The molecule has 2 aromatic heterocycles. The minimum absolute atomic E-state index is 0.162. The van der Waals surface area contributed by atoms with Crippen molar-refractivity contribution in [1.82, 2.24) is 25.1 Å². The number of anilines is 3. The first kappa shape index (κ1) is 25.1. The van der Waals surface area contributed by atoms with Crippen molar-refractivity contribution in [3.05, 3.63) is 71.9 Å². The van der Waals surface area contributed by atoms with Gasteiger partial charge in [-0.05, 0) is 42.9 Å². The number of benzene rings is 2. The highest BCUT2D eigenvalue weighted by Gasteiger charge is 2.08. The topological polar surface area (TPSA) is 102 Å². The summed E-state index contributed by atoms with van der Waals surface area (Å²) in [6, 6.07) is 14.2. The van der Waals surface area contributed by atoms with E-state index in [4.69, 9.17) is 5.11 Å². The van der Waals surface area contributed by atoms with Crippen molar-refractivity contribution in [3.63, 3.8) is 0 Å². The van der Waals surface area contributed by atoms with Gasteiger partial charge in [-0.25, -0.2) is 14.4 Å². The summed E-state index contributed by atoms with van der Waals surface area (Å²) < 4.78 is 13.3. The van der Waals surface area contributed by atoms with E-state index in [9.17, 15) is 4.39 Å². The van der Waals surface area contributed by atoms with Gasteiger partial charge < -0.3 is 20.6 Å². The van der Waals surface area contributed by atoms with Crippen molar-refractivity contribution in [2.24, 2.45) is 0 Å². The summed E-state index contributed by atoms with van der Waals surface area (Å²) in [7, 11) is 0. The molecule has 0 aliphatic heterocycles. The molecule has 2 aromatic carbocycles. The average molecular weight is 488 g/mol. The van der Waals surface area contributed by atoms with Crippen LogP contribution in [0.15, 0.2) is 54.9 Å². The Labute approximate surface area is 210 Å². The molecule has 4 aromatic rings. The van der Waals surface area contributed by atoms with Crippen LogP contribution in [0.1, 0.15) is 24.6 Å². The van der Waals surface area contributed by atoms with E-state index in [0.29, 0.717) is 31.1 Å². The molecule has 0 amide bonds. The van der Waals surface area contributed by atoms with Gasteiger partial charge in [-0.15, -0.1) is 0 Å². The van der Waals surface area contributed by atoms with Gasteiger partial charge in [0.25, 0.3) is 0 Å². The number of rotatable bonds is 11. The molecule has 0 aliphatic carbocycles. The van der Waals surface area contributed by atoms with Crippen molar-refractivity contribution in [2.75, 3.05) is 43.4 Å². The van der Waals surface area contributed by atoms with Crippen molar-refractivity contribution >= 4 is 28.2 Å². The predicted molar refractivity (Wildman–Crippen MR) is 141 cm³/mol. The van der Waals surface area contributed by atoms with Crippen LogP contribution in [0.2, 0.25) is 0 Å². The second kappa shape index (κ2) is 12.6. The highest BCUT2D eigenvalue weighted by Crippen LogP contribution is 2.23. The van der Waals surface area contributed by atoms with Gasteiger partial charge in [0.2, 0.25) is 0 Å². The monoisotopic (exact) mass is 487 g/mol. The van der Waals surface area contributed by atoms with E-state index in [1.807, 2.05) is 30.3 Å². The van der Waals surface area contributed by atoms with Crippen LogP contribution in [-0.4, -0.2) is 63.0 Å². The molecular weight excluding hydrogens is 457 g/mol. The first-order valence-corrected chi connectivity index (χ1v) is 12.0. The second-order valence-corrected chi connectivity index (χ2v) is 8.25. The summed E-state index contributed by atoms with van der Waals surface area (Å²) in [5.74, 6) is 7.47. The molecule has 36 heavy (non-hydrogen) atoms. The average Bonchev–Trinajstić information content (AvgIpc) is 3.33. The molecule has 8 nitrogen and oxygen atoms in total. The van der Waals surface area contributed by atoms with E-state index in [2.05, 4.69) is 54.5 Å². The lowest BCUT2D eigenvalue weighted by Gasteiger charge is -2.16. The maximum Gasteiger partial charge on any atom is 0.153 e. The van der Waals surface area contributed by atoms with E-state index in [1.165, 1.54) is 18.5 Å². The predicted octanol–water partition coefficient (Wildman–Crippen LogP) is 3.95. The number of aliphatic hydroxyl groups is 1. The Morgan fingerprint density at radius 2 is 2.03 bits per heavy atom. The summed E-state index contributed by atoms with van der Waals surface area (Å²) in [4.78, 5) is 11.0. The standard InChI is InChI=1S/C27H30FN7O/c1-2-35(14-15-36)13-4-3-6-20-9-10-24-25(16-20)30-19-31-27(24)32-26-18-23(33-34-26)11-12-29-22-8-5-7-21(28)17-22/h5,7-10,16-19,29,36H,2,4,11-15H2,1H3,(H2,30,31,32,33,34). The molecule has 0 atom stereocenters. The molecule has 0 bridgehead atoms. The summed E-state index contributed by atoms with van der Waals surface area (Å²) in [6.07, 6.45) is 2.96. The Bertz CT molecular complexity index is 1340. The van der Waals surface area contributed by atoms with Crippen molar-refractivity contribution in [1.29, 1.82) is 0 Å².